The van der Waals surface area contributed by atoms with Crippen LogP contribution in [0.25, 0.3) is 0 Å². The maximum atomic E-state index is 12.3. The fraction of sp³-hybridized carbons (Fsp3) is 0.667. The predicted octanol–water partition coefficient (Wildman–Crippen LogP) is 2.35. The molecule has 142 valence electrons. The molecule has 2 saturated heterocycles. The number of ether oxygens (including phenoxy) is 2. The number of amides is 1. The van der Waals surface area contributed by atoms with Crippen LogP contribution in [0.3, 0.4) is 0 Å². The van der Waals surface area contributed by atoms with Crippen LogP contribution in [0.1, 0.15) is 37.7 Å². The lowest BCUT2D eigenvalue weighted by atomic mass is 9.90. The molecule has 2 aliphatic heterocycles. The van der Waals surface area contributed by atoms with E-state index in [-0.39, 0.29) is 18.1 Å². The third-order valence-electron chi connectivity index (χ3n) is 6.04. The SMILES string of the molecule is O=C(NC1CCC1)[C@@H]1C[C@H]2CCN(CCOCc3ccccc3)C[C@@H]2O1. The van der Waals surface area contributed by atoms with E-state index in [1.165, 1.54) is 12.0 Å². The Kier molecular flexibility index (Phi) is 5.88. The van der Waals surface area contributed by atoms with Crippen LogP contribution in [0.5, 0.6) is 0 Å². The molecule has 0 radical (unpaired) electrons. The van der Waals surface area contributed by atoms with E-state index in [0.717, 1.165) is 51.9 Å². The zero-order chi connectivity index (χ0) is 17.8. The maximum Gasteiger partial charge on any atom is 0.249 e. The van der Waals surface area contributed by atoms with E-state index >= 15 is 0 Å². The van der Waals surface area contributed by atoms with Gasteiger partial charge < -0.3 is 14.8 Å². The monoisotopic (exact) mass is 358 g/mol. The number of rotatable bonds is 7. The Balaban J connectivity index is 1.16. The van der Waals surface area contributed by atoms with Crippen LogP contribution in [-0.4, -0.2) is 55.3 Å². The number of likely N-dealkylation sites (tertiary alicyclic amines) is 1. The van der Waals surface area contributed by atoms with E-state index in [0.29, 0.717) is 18.6 Å². The van der Waals surface area contributed by atoms with Crippen molar-refractivity contribution in [3.05, 3.63) is 35.9 Å². The summed E-state index contributed by atoms with van der Waals surface area (Å²) >= 11 is 0. The second-order valence-corrected chi connectivity index (χ2v) is 7.92. The number of piperidine rings is 1. The van der Waals surface area contributed by atoms with Gasteiger partial charge in [0.25, 0.3) is 0 Å². The van der Waals surface area contributed by atoms with Gasteiger partial charge in [0.15, 0.2) is 0 Å². The molecule has 5 heteroatoms. The number of benzene rings is 1. The Morgan fingerprint density at radius 2 is 2.08 bits per heavy atom. The number of nitrogens with one attached hydrogen (secondary N) is 1. The van der Waals surface area contributed by atoms with E-state index in [1.54, 1.807) is 0 Å². The first-order valence-corrected chi connectivity index (χ1v) is 10.1. The lowest BCUT2D eigenvalue weighted by Crippen LogP contribution is -2.45. The molecular weight excluding hydrogens is 328 g/mol. The standard InChI is InChI=1S/C21H30N2O3/c24-21(22-18-7-4-8-18)19-13-17-9-10-23(14-20(17)26-19)11-12-25-15-16-5-2-1-3-6-16/h1-3,5-6,17-20H,4,7-15H2,(H,22,24)/t17-,19+,20+/m1/s1. The lowest BCUT2D eigenvalue weighted by molar-refractivity contribution is -0.134. The van der Waals surface area contributed by atoms with Gasteiger partial charge in [-0.1, -0.05) is 30.3 Å². The number of carbonyl (C=O) groups is 1. The van der Waals surface area contributed by atoms with Crippen molar-refractivity contribution in [2.75, 3.05) is 26.2 Å². The van der Waals surface area contributed by atoms with Gasteiger partial charge in [-0.2, -0.15) is 0 Å². The minimum absolute atomic E-state index is 0.113. The van der Waals surface area contributed by atoms with Crippen molar-refractivity contribution < 1.29 is 14.3 Å². The average Bonchev–Trinajstić information content (AvgIpc) is 3.06. The number of hydrogen-bond acceptors (Lipinski definition) is 4. The normalized spacial score (nSPS) is 29.2. The number of nitrogens with zero attached hydrogens (tertiary/aromatic N) is 1. The summed E-state index contributed by atoms with van der Waals surface area (Å²) in [6.45, 7) is 4.33. The Labute approximate surface area is 156 Å². The molecule has 3 atom stereocenters. The van der Waals surface area contributed by atoms with E-state index in [2.05, 4.69) is 22.3 Å². The van der Waals surface area contributed by atoms with Gasteiger partial charge in [0.05, 0.1) is 19.3 Å². The molecule has 0 spiro atoms. The number of fused-ring (bicyclic) bond motifs is 1. The third-order valence-corrected chi connectivity index (χ3v) is 6.04. The van der Waals surface area contributed by atoms with E-state index in [1.807, 2.05) is 18.2 Å². The molecule has 0 aromatic heterocycles. The van der Waals surface area contributed by atoms with Gasteiger partial charge in [-0.3, -0.25) is 9.69 Å². The summed E-state index contributed by atoms with van der Waals surface area (Å²) in [5.74, 6) is 0.649. The highest BCUT2D eigenvalue weighted by molar-refractivity contribution is 5.81. The highest BCUT2D eigenvalue weighted by Crippen LogP contribution is 2.33. The molecular formula is C21H30N2O3. The lowest BCUT2D eigenvalue weighted by Gasteiger charge is -2.33. The van der Waals surface area contributed by atoms with Gasteiger partial charge >= 0.3 is 0 Å². The molecule has 1 aliphatic carbocycles. The van der Waals surface area contributed by atoms with Gasteiger partial charge in [0.2, 0.25) is 5.91 Å². The molecule has 1 amide bonds. The van der Waals surface area contributed by atoms with Gasteiger partial charge in [-0.15, -0.1) is 0 Å². The van der Waals surface area contributed by atoms with Crippen molar-refractivity contribution in [2.45, 2.75) is 57.0 Å². The second kappa shape index (κ2) is 8.51. The zero-order valence-corrected chi connectivity index (χ0v) is 15.4. The molecule has 1 aromatic rings. The molecule has 0 unspecified atom stereocenters. The van der Waals surface area contributed by atoms with Gasteiger partial charge in [0.1, 0.15) is 6.10 Å². The summed E-state index contributed by atoms with van der Waals surface area (Å²) in [4.78, 5) is 14.8. The molecule has 2 heterocycles. The van der Waals surface area contributed by atoms with E-state index < -0.39 is 0 Å². The first-order chi connectivity index (χ1) is 12.8. The number of carbonyl (C=O) groups excluding carboxylic acids is 1. The largest absolute Gasteiger partial charge is 0.375 e. The minimum atomic E-state index is -0.236. The quantitative estimate of drug-likeness (QED) is 0.760. The van der Waals surface area contributed by atoms with E-state index in [9.17, 15) is 4.79 Å². The van der Waals surface area contributed by atoms with Crippen molar-refractivity contribution >= 4 is 5.91 Å². The van der Waals surface area contributed by atoms with Crippen molar-refractivity contribution in [1.29, 1.82) is 0 Å². The highest BCUT2D eigenvalue weighted by Gasteiger charge is 2.42. The first kappa shape index (κ1) is 18.0. The smallest absolute Gasteiger partial charge is 0.249 e. The third kappa shape index (κ3) is 4.45. The summed E-state index contributed by atoms with van der Waals surface area (Å²) in [5.41, 5.74) is 1.21. The van der Waals surface area contributed by atoms with Crippen molar-refractivity contribution in [2.24, 2.45) is 5.92 Å². The summed E-state index contributed by atoms with van der Waals surface area (Å²) in [6.07, 6.45) is 5.47. The molecule has 26 heavy (non-hydrogen) atoms. The molecule has 1 saturated carbocycles. The van der Waals surface area contributed by atoms with Crippen LogP contribution in [0.4, 0.5) is 0 Å². The fourth-order valence-corrected chi connectivity index (χ4v) is 4.17. The van der Waals surface area contributed by atoms with Gasteiger partial charge in [-0.25, -0.2) is 0 Å². The van der Waals surface area contributed by atoms with Crippen molar-refractivity contribution in [3.8, 4) is 0 Å². The van der Waals surface area contributed by atoms with Crippen LogP contribution >= 0.6 is 0 Å². The summed E-state index contributed by atoms with van der Waals surface area (Å²) < 4.78 is 11.9. The Hall–Kier alpha value is -1.43. The number of hydrogen-bond donors (Lipinski definition) is 1. The fourth-order valence-electron chi connectivity index (χ4n) is 4.17. The summed E-state index contributed by atoms with van der Waals surface area (Å²) in [6, 6.07) is 10.7. The van der Waals surface area contributed by atoms with Crippen LogP contribution in [0, 0.1) is 5.92 Å². The second-order valence-electron chi connectivity index (χ2n) is 7.92. The van der Waals surface area contributed by atoms with Gasteiger partial charge in [-0.05, 0) is 50.1 Å². The molecule has 5 nitrogen and oxygen atoms in total. The average molecular weight is 358 g/mol. The molecule has 3 fully saturated rings. The van der Waals surface area contributed by atoms with Gasteiger partial charge in [0, 0.05) is 19.1 Å². The Morgan fingerprint density at radius 3 is 2.85 bits per heavy atom. The highest BCUT2D eigenvalue weighted by atomic mass is 16.5. The predicted molar refractivity (Wildman–Crippen MR) is 99.7 cm³/mol. The summed E-state index contributed by atoms with van der Waals surface area (Å²) in [7, 11) is 0. The van der Waals surface area contributed by atoms with Crippen molar-refractivity contribution in [1.82, 2.24) is 10.2 Å². The maximum absolute atomic E-state index is 12.3. The topological polar surface area (TPSA) is 50.8 Å². The molecule has 4 rings (SSSR count). The van der Waals surface area contributed by atoms with Crippen molar-refractivity contribution in [3.63, 3.8) is 0 Å². The Bertz CT molecular complexity index is 590. The first-order valence-electron chi connectivity index (χ1n) is 10.1. The molecule has 3 aliphatic rings. The molecule has 1 aromatic carbocycles. The van der Waals surface area contributed by atoms with Crippen LogP contribution in [0.15, 0.2) is 30.3 Å². The minimum Gasteiger partial charge on any atom is -0.375 e. The molecule has 0 bridgehead atoms. The van der Waals surface area contributed by atoms with Crippen LogP contribution in [-0.2, 0) is 20.9 Å². The van der Waals surface area contributed by atoms with Crippen LogP contribution < -0.4 is 5.32 Å². The molecule has 1 N–H and O–H groups in total. The zero-order valence-electron chi connectivity index (χ0n) is 15.4. The Morgan fingerprint density at radius 1 is 1.23 bits per heavy atom. The van der Waals surface area contributed by atoms with E-state index in [4.69, 9.17) is 9.47 Å². The summed E-state index contributed by atoms with van der Waals surface area (Å²) in [5, 5.41) is 3.14. The van der Waals surface area contributed by atoms with Crippen LogP contribution in [0.2, 0.25) is 0 Å².